The number of rotatable bonds is 6. The van der Waals surface area contributed by atoms with Crippen molar-refractivity contribution in [3.8, 4) is 0 Å². The molecular formula is C16H31NO. The summed E-state index contributed by atoms with van der Waals surface area (Å²) in [7, 11) is 0. The van der Waals surface area contributed by atoms with Crippen molar-refractivity contribution < 1.29 is 4.74 Å². The maximum Gasteiger partial charge on any atom is 0.0708 e. The first-order valence-electron chi connectivity index (χ1n) is 8.15. The molecule has 2 fully saturated rings. The van der Waals surface area contributed by atoms with Gasteiger partial charge in [-0.05, 0) is 39.0 Å². The molecule has 106 valence electrons. The second-order valence-electron chi connectivity index (χ2n) is 6.47. The molecule has 1 saturated carbocycles. The molecule has 1 N–H and O–H groups in total. The Bertz CT molecular complexity index is 235. The lowest BCUT2D eigenvalue weighted by atomic mass is 9.83. The smallest absolute Gasteiger partial charge is 0.0708 e. The van der Waals surface area contributed by atoms with E-state index in [2.05, 4.69) is 19.2 Å². The van der Waals surface area contributed by atoms with Gasteiger partial charge in [0.1, 0.15) is 0 Å². The topological polar surface area (TPSA) is 21.3 Å². The van der Waals surface area contributed by atoms with Gasteiger partial charge in [0.15, 0.2) is 0 Å². The monoisotopic (exact) mass is 253 g/mol. The van der Waals surface area contributed by atoms with E-state index in [1.165, 1.54) is 64.2 Å². The summed E-state index contributed by atoms with van der Waals surface area (Å²) < 4.78 is 6.38. The molecule has 0 bridgehead atoms. The van der Waals surface area contributed by atoms with Crippen LogP contribution in [0.5, 0.6) is 0 Å². The highest BCUT2D eigenvalue weighted by atomic mass is 16.5. The van der Waals surface area contributed by atoms with Gasteiger partial charge in [0, 0.05) is 12.6 Å². The summed E-state index contributed by atoms with van der Waals surface area (Å²) >= 11 is 0. The lowest BCUT2D eigenvalue weighted by molar-refractivity contribution is -0.0629. The van der Waals surface area contributed by atoms with E-state index in [1.54, 1.807) is 0 Å². The molecule has 0 aromatic carbocycles. The van der Waals surface area contributed by atoms with E-state index < -0.39 is 0 Å². The number of hydrogen-bond acceptors (Lipinski definition) is 2. The van der Waals surface area contributed by atoms with Crippen LogP contribution in [0.1, 0.15) is 78.1 Å². The molecule has 1 heterocycles. The molecule has 0 radical (unpaired) electrons. The van der Waals surface area contributed by atoms with E-state index >= 15 is 0 Å². The summed E-state index contributed by atoms with van der Waals surface area (Å²) in [6.07, 6.45) is 13.8. The van der Waals surface area contributed by atoms with Crippen molar-refractivity contribution in [1.29, 1.82) is 0 Å². The van der Waals surface area contributed by atoms with Crippen LogP contribution < -0.4 is 5.32 Å². The first kappa shape index (κ1) is 14.3. The summed E-state index contributed by atoms with van der Waals surface area (Å²) in [5, 5.41) is 3.66. The van der Waals surface area contributed by atoms with Gasteiger partial charge in [0.25, 0.3) is 0 Å². The Morgan fingerprint density at radius 3 is 2.72 bits per heavy atom. The van der Waals surface area contributed by atoms with Crippen molar-refractivity contribution in [3.63, 3.8) is 0 Å². The van der Waals surface area contributed by atoms with E-state index in [0.29, 0.717) is 12.1 Å². The lowest BCUT2D eigenvalue weighted by Crippen LogP contribution is -2.37. The number of hydrogen-bond donors (Lipinski definition) is 1. The van der Waals surface area contributed by atoms with Gasteiger partial charge in [-0.1, -0.05) is 39.0 Å². The third-order valence-corrected chi connectivity index (χ3v) is 4.79. The van der Waals surface area contributed by atoms with Crippen LogP contribution in [0.15, 0.2) is 0 Å². The van der Waals surface area contributed by atoms with E-state index in [9.17, 15) is 0 Å². The molecule has 1 aliphatic carbocycles. The van der Waals surface area contributed by atoms with Crippen molar-refractivity contribution in [2.75, 3.05) is 6.54 Å². The summed E-state index contributed by atoms with van der Waals surface area (Å²) in [5.74, 6) is 0. The second kappa shape index (κ2) is 6.91. The van der Waals surface area contributed by atoms with Crippen LogP contribution in [0, 0.1) is 0 Å². The van der Waals surface area contributed by atoms with E-state index in [-0.39, 0.29) is 5.60 Å². The Morgan fingerprint density at radius 2 is 2.00 bits per heavy atom. The van der Waals surface area contributed by atoms with Crippen molar-refractivity contribution in [3.05, 3.63) is 0 Å². The van der Waals surface area contributed by atoms with Gasteiger partial charge in [0.05, 0.1) is 11.7 Å². The minimum absolute atomic E-state index is 0.289. The van der Waals surface area contributed by atoms with Crippen LogP contribution >= 0.6 is 0 Å². The largest absolute Gasteiger partial charge is 0.370 e. The molecule has 1 aliphatic heterocycles. The second-order valence-corrected chi connectivity index (χ2v) is 6.47. The SMILES string of the molecule is CCCCC(C)NCC1CCC2(CCCCC2)O1. The van der Waals surface area contributed by atoms with Crippen molar-refractivity contribution in [2.24, 2.45) is 0 Å². The van der Waals surface area contributed by atoms with Gasteiger partial charge in [-0.3, -0.25) is 0 Å². The number of ether oxygens (including phenoxy) is 1. The van der Waals surface area contributed by atoms with Gasteiger partial charge in [-0.25, -0.2) is 0 Å². The third-order valence-electron chi connectivity index (χ3n) is 4.79. The molecule has 2 atom stereocenters. The van der Waals surface area contributed by atoms with Gasteiger partial charge < -0.3 is 10.1 Å². The zero-order valence-electron chi connectivity index (χ0n) is 12.3. The molecule has 0 aromatic heterocycles. The molecule has 18 heavy (non-hydrogen) atoms. The fourth-order valence-corrected chi connectivity index (χ4v) is 3.55. The zero-order chi connectivity index (χ0) is 12.8. The first-order valence-corrected chi connectivity index (χ1v) is 8.15. The summed E-state index contributed by atoms with van der Waals surface area (Å²) in [6.45, 7) is 5.63. The van der Waals surface area contributed by atoms with Crippen LogP contribution in [0.3, 0.4) is 0 Å². The highest BCUT2D eigenvalue weighted by Gasteiger charge is 2.40. The maximum atomic E-state index is 6.38. The maximum absolute atomic E-state index is 6.38. The molecule has 2 aliphatic rings. The van der Waals surface area contributed by atoms with E-state index in [1.807, 2.05) is 0 Å². The first-order chi connectivity index (χ1) is 8.74. The molecular weight excluding hydrogens is 222 g/mol. The average molecular weight is 253 g/mol. The summed E-state index contributed by atoms with van der Waals surface area (Å²) in [5.41, 5.74) is 0.289. The fraction of sp³-hybridized carbons (Fsp3) is 1.00. The molecule has 0 aromatic rings. The highest BCUT2D eigenvalue weighted by molar-refractivity contribution is 4.91. The molecule has 1 spiro atoms. The minimum atomic E-state index is 0.289. The van der Waals surface area contributed by atoms with Crippen LogP contribution in [0.25, 0.3) is 0 Å². The summed E-state index contributed by atoms with van der Waals surface area (Å²) in [4.78, 5) is 0. The van der Waals surface area contributed by atoms with Crippen LogP contribution in [0.4, 0.5) is 0 Å². The normalized spacial score (nSPS) is 28.7. The Balaban J connectivity index is 1.66. The highest BCUT2D eigenvalue weighted by Crippen LogP contribution is 2.41. The van der Waals surface area contributed by atoms with E-state index in [4.69, 9.17) is 4.74 Å². The van der Waals surface area contributed by atoms with Gasteiger partial charge in [0.2, 0.25) is 0 Å². The lowest BCUT2D eigenvalue weighted by Gasteiger charge is -2.33. The minimum Gasteiger partial charge on any atom is -0.370 e. The molecule has 2 nitrogen and oxygen atoms in total. The van der Waals surface area contributed by atoms with Gasteiger partial charge in [-0.2, -0.15) is 0 Å². The average Bonchev–Trinajstić information content (AvgIpc) is 2.78. The van der Waals surface area contributed by atoms with Crippen LogP contribution in [-0.2, 0) is 4.74 Å². The Morgan fingerprint density at radius 1 is 1.22 bits per heavy atom. The molecule has 0 amide bonds. The van der Waals surface area contributed by atoms with E-state index in [0.717, 1.165) is 6.54 Å². The molecule has 2 unspecified atom stereocenters. The van der Waals surface area contributed by atoms with Crippen LogP contribution in [-0.4, -0.2) is 24.3 Å². The van der Waals surface area contributed by atoms with Gasteiger partial charge >= 0.3 is 0 Å². The predicted molar refractivity (Wildman–Crippen MR) is 76.9 cm³/mol. The third kappa shape index (κ3) is 3.96. The Labute approximate surface area is 113 Å². The van der Waals surface area contributed by atoms with Gasteiger partial charge in [-0.15, -0.1) is 0 Å². The standard InChI is InChI=1S/C16H31NO/c1-3-4-8-14(2)17-13-15-9-12-16(18-15)10-6-5-7-11-16/h14-15,17H,3-13H2,1-2H3. The molecule has 2 heteroatoms. The number of nitrogens with one attached hydrogen (secondary N) is 1. The quantitative estimate of drug-likeness (QED) is 0.771. The fourth-order valence-electron chi connectivity index (χ4n) is 3.55. The van der Waals surface area contributed by atoms with Crippen molar-refractivity contribution in [2.45, 2.75) is 95.8 Å². The summed E-state index contributed by atoms with van der Waals surface area (Å²) in [6, 6.07) is 0.649. The Kier molecular flexibility index (Phi) is 5.50. The van der Waals surface area contributed by atoms with Crippen molar-refractivity contribution in [1.82, 2.24) is 5.32 Å². The zero-order valence-corrected chi connectivity index (χ0v) is 12.3. The predicted octanol–water partition coefficient (Wildman–Crippen LogP) is 4.04. The Hall–Kier alpha value is -0.0800. The molecule has 2 rings (SSSR count). The number of unbranched alkanes of at least 4 members (excludes halogenated alkanes) is 1. The molecule has 1 saturated heterocycles. The van der Waals surface area contributed by atoms with Crippen molar-refractivity contribution >= 4 is 0 Å². The van der Waals surface area contributed by atoms with Crippen LogP contribution in [0.2, 0.25) is 0 Å².